The van der Waals surface area contributed by atoms with E-state index in [1.54, 1.807) is 19.9 Å². The second-order valence-electron chi connectivity index (χ2n) is 15.6. The Morgan fingerprint density at radius 3 is 2.39 bits per heavy atom. The molecule has 11 nitrogen and oxygen atoms in total. The van der Waals surface area contributed by atoms with Crippen molar-refractivity contribution in [1.29, 1.82) is 0 Å². The van der Waals surface area contributed by atoms with Crippen LogP contribution in [0, 0.1) is 41.4 Å². The number of fused-ring (bicyclic) bond motifs is 2. The number of nitrogens with one attached hydrogen (secondary N) is 1. The van der Waals surface area contributed by atoms with Crippen LogP contribution in [0.5, 0.6) is 0 Å². The number of ether oxygens (including phenoxy) is 3. The molecule has 286 valence electrons. The second kappa shape index (κ2) is 17.0. The Balaban J connectivity index is 1.24. The van der Waals surface area contributed by atoms with E-state index in [1.807, 2.05) is 58.0 Å². The highest BCUT2D eigenvalue weighted by atomic mass is 31.2. The highest BCUT2D eigenvalue weighted by molar-refractivity contribution is 7.57. The Morgan fingerprint density at radius 2 is 1.73 bits per heavy atom. The predicted molar refractivity (Wildman–Crippen MR) is 192 cm³/mol. The largest absolute Gasteiger partial charge is 0.353 e. The Labute approximate surface area is 304 Å². The molecule has 51 heavy (non-hydrogen) atoms. The van der Waals surface area contributed by atoms with Crippen molar-refractivity contribution < 1.29 is 47.2 Å². The third kappa shape index (κ3) is 9.06. The Morgan fingerprint density at radius 1 is 1.02 bits per heavy atom. The maximum Gasteiger partial charge on any atom is 0.353 e. The van der Waals surface area contributed by atoms with E-state index in [-0.39, 0.29) is 61.6 Å². The summed E-state index contributed by atoms with van der Waals surface area (Å²) in [5, 5.41) is 3.10. The highest BCUT2D eigenvalue weighted by Gasteiger charge is 2.69. The molecular formula is C39H60NO10P. The smallest absolute Gasteiger partial charge is 0.352 e. The van der Waals surface area contributed by atoms with Gasteiger partial charge in [-0.3, -0.25) is 14.2 Å². The van der Waals surface area contributed by atoms with Crippen LogP contribution in [0.15, 0.2) is 42.2 Å². The molecule has 11 atom stereocenters. The van der Waals surface area contributed by atoms with Crippen molar-refractivity contribution >= 4 is 19.3 Å². The number of Topliss-reactive ketones (excluding diaryl/α,β-unsaturated/α-hetero) is 1. The zero-order chi connectivity index (χ0) is 37.0. The monoisotopic (exact) mass is 733 g/mol. The number of rotatable bonds is 17. The lowest BCUT2D eigenvalue weighted by Gasteiger charge is -2.60. The topological polar surface area (TPSA) is 128 Å². The fourth-order valence-corrected chi connectivity index (χ4v) is 9.89. The van der Waals surface area contributed by atoms with Crippen LogP contribution in [0.25, 0.3) is 0 Å². The summed E-state index contributed by atoms with van der Waals surface area (Å²) in [6.45, 7) is 16.3. The summed E-state index contributed by atoms with van der Waals surface area (Å²) >= 11 is 0. The number of benzene rings is 1. The van der Waals surface area contributed by atoms with Crippen LogP contribution in [-0.2, 0) is 47.2 Å². The van der Waals surface area contributed by atoms with Crippen molar-refractivity contribution in [2.45, 2.75) is 124 Å². The molecule has 2 bridgehead atoms. The normalized spacial score (nSPS) is 33.7. The summed E-state index contributed by atoms with van der Waals surface area (Å²) in [7, 11) is -3.50. The van der Waals surface area contributed by atoms with Crippen LogP contribution >= 0.6 is 7.60 Å². The minimum Gasteiger partial charge on any atom is -0.352 e. The van der Waals surface area contributed by atoms with Gasteiger partial charge in [0.05, 0.1) is 25.9 Å². The van der Waals surface area contributed by atoms with E-state index >= 15 is 0 Å². The van der Waals surface area contributed by atoms with Gasteiger partial charge in [0, 0.05) is 42.3 Å². The number of carbonyl (C=O) groups excluding carboxylic acids is 2. The molecule has 1 unspecified atom stereocenters. The van der Waals surface area contributed by atoms with Gasteiger partial charge < -0.3 is 28.6 Å². The van der Waals surface area contributed by atoms with Gasteiger partial charge in [-0.2, -0.15) is 0 Å². The Kier molecular flexibility index (Phi) is 13.4. The van der Waals surface area contributed by atoms with Crippen molar-refractivity contribution in [3.05, 3.63) is 47.8 Å². The molecule has 1 spiro atoms. The molecule has 6 rings (SSSR count). The van der Waals surface area contributed by atoms with Gasteiger partial charge in [0.2, 0.25) is 11.7 Å². The molecule has 1 aliphatic carbocycles. The summed E-state index contributed by atoms with van der Waals surface area (Å²) in [6.07, 6.45) is 4.78. The van der Waals surface area contributed by atoms with Crippen molar-refractivity contribution in [3.8, 4) is 0 Å². The minimum atomic E-state index is -3.50. The van der Waals surface area contributed by atoms with Gasteiger partial charge >= 0.3 is 7.60 Å². The molecule has 0 aromatic heterocycles. The van der Waals surface area contributed by atoms with Crippen molar-refractivity contribution in [3.63, 3.8) is 0 Å². The molecule has 1 amide bonds. The van der Waals surface area contributed by atoms with Crippen LogP contribution in [0.1, 0.15) is 106 Å². The number of hydrogen-bond acceptors (Lipinski definition) is 10. The summed E-state index contributed by atoms with van der Waals surface area (Å²) in [5.41, 5.74) is 0.124. The molecule has 12 heteroatoms. The van der Waals surface area contributed by atoms with E-state index in [0.717, 1.165) is 31.2 Å². The molecule has 0 radical (unpaired) electrons. The van der Waals surface area contributed by atoms with Crippen molar-refractivity contribution in [1.82, 2.24) is 5.32 Å². The molecule has 4 saturated heterocycles. The third-order valence-corrected chi connectivity index (χ3v) is 13.0. The zero-order valence-electron chi connectivity index (χ0n) is 31.7. The third-order valence-electron chi connectivity index (χ3n) is 11.3. The molecule has 5 fully saturated rings. The van der Waals surface area contributed by atoms with Gasteiger partial charge in [-0.15, -0.1) is 0 Å². The summed E-state index contributed by atoms with van der Waals surface area (Å²) in [5.74, 6) is 0.217. The van der Waals surface area contributed by atoms with Crippen molar-refractivity contribution in [2.24, 2.45) is 41.4 Å². The standard InChI is InChI=1S/C39H60NO10P/c1-9-45-51(43,46-10-2)21-19-33(29-14-12-11-13-15-29)40-35(42)30(22-25(3)4)23-34(41)27(6)24-44-36-28(7)32-17-16-26(5)31-18-20-38(8)48-37(47-36)39(31,32)50-49-38/h11-15,19,21,25-28,30-33,36-37H,9-10,16-18,20,22-24H2,1-8H3,(H,40,42)/b21-19+/t26-,27+,28-,30-,31+,32+,33?,36+,37-,38+,39-/m1/s1. The fourth-order valence-electron chi connectivity index (χ4n) is 8.54. The molecule has 5 aliphatic rings. The van der Waals surface area contributed by atoms with E-state index < -0.39 is 49.4 Å². The molecular weight excluding hydrogens is 673 g/mol. The number of hydrogen-bond donors (Lipinski definition) is 1. The van der Waals surface area contributed by atoms with Gasteiger partial charge in [-0.25, -0.2) is 9.78 Å². The molecule has 1 aromatic carbocycles. The molecule has 4 aliphatic heterocycles. The number of carbonyl (C=O) groups is 2. The molecule has 1 saturated carbocycles. The van der Waals surface area contributed by atoms with E-state index in [2.05, 4.69) is 19.2 Å². The Bertz CT molecular complexity index is 1400. The summed E-state index contributed by atoms with van der Waals surface area (Å²) in [6, 6.07) is 8.81. The minimum absolute atomic E-state index is 0.00333. The second-order valence-corrected chi connectivity index (χ2v) is 17.5. The average molecular weight is 734 g/mol. The quantitative estimate of drug-likeness (QED) is 0.124. The average Bonchev–Trinajstić information content (AvgIpc) is 3.33. The van der Waals surface area contributed by atoms with E-state index in [9.17, 15) is 14.2 Å². The van der Waals surface area contributed by atoms with Gasteiger partial charge in [0.1, 0.15) is 5.78 Å². The van der Waals surface area contributed by atoms with Crippen LogP contribution in [0.2, 0.25) is 0 Å². The van der Waals surface area contributed by atoms with Gasteiger partial charge in [-0.1, -0.05) is 65.0 Å². The van der Waals surface area contributed by atoms with Crippen LogP contribution < -0.4 is 5.32 Å². The first-order valence-electron chi connectivity index (χ1n) is 19.0. The van der Waals surface area contributed by atoms with E-state index in [4.69, 9.17) is 33.0 Å². The van der Waals surface area contributed by atoms with Crippen LogP contribution in [0.4, 0.5) is 0 Å². The van der Waals surface area contributed by atoms with Crippen LogP contribution in [0.3, 0.4) is 0 Å². The van der Waals surface area contributed by atoms with Crippen LogP contribution in [-0.4, -0.2) is 55.5 Å². The maximum atomic E-state index is 13.9. The predicted octanol–water partition coefficient (Wildman–Crippen LogP) is 8.11. The molecule has 1 aromatic rings. The first kappa shape index (κ1) is 40.2. The number of ketones is 1. The van der Waals surface area contributed by atoms with Gasteiger partial charge in [0.25, 0.3) is 0 Å². The van der Waals surface area contributed by atoms with E-state index in [1.165, 1.54) is 5.82 Å². The van der Waals surface area contributed by atoms with E-state index in [0.29, 0.717) is 12.3 Å². The van der Waals surface area contributed by atoms with Crippen molar-refractivity contribution in [2.75, 3.05) is 19.8 Å². The summed E-state index contributed by atoms with van der Waals surface area (Å²) < 4.78 is 43.5. The Hall–Kier alpha value is -1.95. The first-order chi connectivity index (χ1) is 24.2. The maximum absolute atomic E-state index is 13.9. The SMILES string of the molecule is CCOP(=O)(/C=C/C(NC(=O)[C@@H](CC(=O)[C@@H](C)CO[C@H]1O[C@@H]2O[C@]3(C)CC[C@H]4[C@H](C)CC[C@@H]([C@H]1C)[C@@]24OO3)CC(C)C)c1ccccc1)OCC. The highest BCUT2D eigenvalue weighted by Crippen LogP contribution is 2.60. The lowest BCUT2D eigenvalue weighted by molar-refractivity contribution is -0.577. The van der Waals surface area contributed by atoms with Gasteiger partial charge in [-0.05, 0) is 75.8 Å². The first-order valence-corrected chi connectivity index (χ1v) is 20.6. The summed E-state index contributed by atoms with van der Waals surface area (Å²) in [4.78, 5) is 39.8. The molecule has 1 N–H and O–H groups in total. The lowest BCUT2D eigenvalue weighted by atomic mass is 9.58. The van der Waals surface area contributed by atoms with Gasteiger partial charge in [0.15, 0.2) is 18.2 Å². The molecule has 4 heterocycles. The number of amides is 1. The zero-order valence-corrected chi connectivity index (χ0v) is 32.6. The fraction of sp³-hybridized carbons (Fsp3) is 0.744. The lowest BCUT2D eigenvalue weighted by Crippen LogP contribution is -2.70.